The van der Waals surface area contributed by atoms with Gasteiger partial charge in [-0.15, -0.1) is 46.3 Å². The van der Waals surface area contributed by atoms with Gasteiger partial charge in [0.05, 0.1) is 5.52 Å². The number of fused-ring (bicyclic) bond motifs is 5. The summed E-state index contributed by atoms with van der Waals surface area (Å²) in [6, 6.07) is 12.8. The molecule has 2 aromatic carbocycles. The van der Waals surface area contributed by atoms with Crippen molar-refractivity contribution in [1.29, 1.82) is 0 Å². The fraction of sp³-hybridized carbons (Fsp3) is 0.439. The van der Waals surface area contributed by atoms with Gasteiger partial charge in [-0.1, -0.05) is 73.4 Å². The number of benzene rings is 2. The third-order valence-corrected chi connectivity index (χ3v) is 13.9. The van der Waals surface area contributed by atoms with E-state index in [1.165, 1.54) is 52.3 Å². The summed E-state index contributed by atoms with van der Waals surface area (Å²) in [5, 5.41) is 16.1. The molecule has 0 saturated carbocycles. The van der Waals surface area contributed by atoms with Crippen LogP contribution in [0.3, 0.4) is 0 Å². The molecule has 0 saturated heterocycles. The number of aliphatic hydroxyl groups is 1. The molecular formula is C41H49IrN2O2S3-. The zero-order valence-corrected chi connectivity index (χ0v) is 35.5. The number of hydrogen-bond donors (Lipinski definition) is 1. The van der Waals surface area contributed by atoms with Gasteiger partial charge in [0.15, 0.2) is 5.78 Å². The van der Waals surface area contributed by atoms with Crippen molar-refractivity contribution < 1.29 is 30.0 Å². The number of aryl methyl sites for hydroxylation is 2. The molecule has 0 aliphatic carbocycles. The van der Waals surface area contributed by atoms with Gasteiger partial charge in [0.25, 0.3) is 0 Å². The van der Waals surface area contributed by atoms with Crippen LogP contribution in [0.15, 0.2) is 47.8 Å². The van der Waals surface area contributed by atoms with E-state index < -0.39 is 0 Å². The second kappa shape index (κ2) is 15.0. The zero-order chi connectivity index (χ0) is 35.2. The van der Waals surface area contributed by atoms with E-state index in [1.807, 2.05) is 52.9 Å². The molecule has 0 bridgehead atoms. The largest absolute Gasteiger partial charge is 0.512 e. The molecule has 4 nitrogen and oxygen atoms in total. The molecule has 0 amide bonds. The molecule has 263 valence electrons. The summed E-state index contributed by atoms with van der Waals surface area (Å²) in [5.41, 5.74) is 5.28. The monoisotopic (exact) mass is 890 g/mol. The number of allylic oxidation sites excluding steroid dienone is 2. The molecular weight excluding hydrogens is 841 g/mol. The minimum atomic E-state index is -0.337. The van der Waals surface area contributed by atoms with Crippen LogP contribution < -0.4 is 0 Å². The molecule has 0 atom stereocenters. The number of nitrogens with zero attached hydrogens (tertiary/aromatic N) is 2. The number of carbonyl (C=O) groups excluding carboxylic acids is 1. The standard InChI is InChI=1S/C26H21N2S3.C15H28O2.Ir/c1-13-14(2)30-20-11-18-21(10-17(13)20)31-25-22(27-12-28-23(18)25)16-8-15-6-7-29-24(15)19(9-16)26(3,4)5;1-7-14(5,8-2)12(16)11-13(17)15(6,9-3)10-4;/h6-7,9-12H,1-5H3;11,16H,7-10H2,1-6H3;/q-1;;/b;12-11-;. The number of ketones is 1. The quantitative estimate of drug-likeness (QED) is 0.0939. The summed E-state index contributed by atoms with van der Waals surface area (Å²) >= 11 is 5.46. The maximum absolute atomic E-state index is 12.2. The van der Waals surface area contributed by atoms with Crippen LogP contribution in [0.1, 0.15) is 104 Å². The van der Waals surface area contributed by atoms with Gasteiger partial charge in [-0.2, -0.15) is 11.3 Å². The molecule has 49 heavy (non-hydrogen) atoms. The Bertz CT molecular complexity index is 2150. The van der Waals surface area contributed by atoms with Crippen LogP contribution >= 0.6 is 34.0 Å². The average molecular weight is 890 g/mol. The number of aromatic nitrogens is 2. The van der Waals surface area contributed by atoms with Crippen molar-refractivity contribution in [3.05, 3.63) is 69.9 Å². The first kappa shape index (κ1) is 39.3. The molecule has 0 fully saturated rings. The van der Waals surface area contributed by atoms with E-state index in [1.54, 1.807) is 29.0 Å². The SMILES string of the molecule is CCC(C)(CC)C(=O)/C=C(\O)C(C)(CC)CC.Cc1sc2cc3c(cc2c1C)sc1c(-c2[c-]c4ccsc4c(C(C)(C)C)c2)ncnc13.[Ir]. The third kappa shape index (κ3) is 7.46. The van der Waals surface area contributed by atoms with E-state index >= 15 is 0 Å². The van der Waals surface area contributed by atoms with Crippen LogP contribution in [0.25, 0.3) is 51.7 Å². The van der Waals surface area contributed by atoms with Gasteiger partial charge in [0, 0.05) is 67.1 Å². The summed E-state index contributed by atoms with van der Waals surface area (Å²) in [6.07, 6.45) is 6.46. The van der Waals surface area contributed by atoms with Crippen molar-refractivity contribution >= 4 is 80.3 Å². The average Bonchev–Trinajstić information content (AvgIpc) is 3.77. The smallest absolute Gasteiger partial charge is 0.164 e. The Kier molecular flexibility index (Phi) is 12.0. The first-order chi connectivity index (χ1) is 22.6. The Morgan fingerprint density at radius 1 is 0.857 bits per heavy atom. The van der Waals surface area contributed by atoms with E-state index in [0.717, 1.165) is 47.2 Å². The molecule has 0 aliphatic rings. The first-order valence-corrected chi connectivity index (χ1v) is 19.6. The van der Waals surface area contributed by atoms with Crippen molar-refractivity contribution in [2.75, 3.05) is 0 Å². The van der Waals surface area contributed by atoms with E-state index in [4.69, 9.17) is 9.97 Å². The van der Waals surface area contributed by atoms with E-state index in [0.29, 0.717) is 0 Å². The van der Waals surface area contributed by atoms with Crippen LogP contribution in [0.4, 0.5) is 0 Å². The normalized spacial score (nSPS) is 12.8. The van der Waals surface area contributed by atoms with Crippen molar-refractivity contribution in [2.45, 2.75) is 107 Å². The number of carbonyl (C=O) groups is 1. The van der Waals surface area contributed by atoms with Crippen LogP contribution in [0, 0.1) is 30.7 Å². The molecule has 1 N–H and O–H groups in total. The van der Waals surface area contributed by atoms with E-state index in [9.17, 15) is 9.90 Å². The maximum Gasteiger partial charge on any atom is 0.164 e. The Morgan fingerprint density at radius 3 is 2.08 bits per heavy atom. The van der Waals surface area contributed by atoms with Gasteiger partial charge in [0.1, 0.15) is 12.1 Å². The predicted octanol–water partition coefficient (Wildman–Crippen LogP) is 13.3. The first-order valence-electron chi connectivity index (χ1n) is 17.1. The Morgan fingerprint density at radius 2 is 1.47 bits per heavy atom. The van der Waals surface area contributed by atoms with Gasteiger partial charge in [0.2, 0.25) is 0 Å². The number of rotatable bonds is 8. The minimum Gasteiger partial charge on any atom is -0.512 e. The summed E-state index contributed by atoms with van der Waals surface area (Å²) in [5.74, 6) is 0.286. The topological polar surface area (TPSA) is 63.1 Å². The van der Waals surface area contributed by atoms with Crippen LogP contribution in [-0.2, 0) is 30.3 Å². The predicted molar refractivity (Wildman–Crippen MR) is 211 cm³/mol. The third-order valence-electron chi connectivity index (χ3n) is 10.7. The summed E-state index contributed by atoms with van der Waals surface area (Å²) < 4.78 is 5.08. The van der Waals surface area contributed by atoms with Crippen LogP contribution in [-0.4, -0.2) is 20.9 Å². The van der Waals surface area contributed by atoms with Crippen molar-refractivity contribution in [3.8, 4) is 11.3 Å². The van der Waals surface area contributed by atoms with Gasteiger partial charge >= 0.3 is 0 Å². The number of aliphatic hydroxyl groups excluding tert-OH is 1. The molecule has 8 heteroatoms. The second-order valence-corrected chi connectivity index (χ2v) is 17.8. The van der Waals surface area contributed by atoms with Gasteiger partial charge in [-0.25, -0.2) is 4.98 Å². The summed E-state index contributed by atoms with van der Waals surface area (Å²) in [7, 11) is 0. The van der Waals surface area contributed by atoms with Crippen molar-refractivity contribution in [2.24, 2.45) is 10.8 Å². The Labute approximate surface area is 317 Å². The molecule has 4 aromatic heterocycles. The fourth-order valence-corrected chi connectivity index (χ4v) is 9.33. The molecule has 6 aromatic rings. The van der Waals surface area contributed by atoms with E-state index in [-0.39, 0.29) is 47.9 Å². The summed E-state index contributed by atoms with van der Waals surface area (Å²) in [4.78, 5) is 23.0. The molecule has 6 rings (SSSR count). The fourth-order valence-electron chi connectivity index (χ4n) is 5.98. The zero-order valence-electron chi connectivity index (χ0n) is 30.7. The molecule has 0 spiro atoms. The minimum absolute atomic E-state index is 0. The van der Waals surface area contributed by atoms with Crippen molar-refractivity contribution in [1.82, 2.24) is 9.97 Å². The van der Waals surface area contributed by atoms with Gasteiger partial charge in [-0.05, 0) is 78.1 Å². The van der Waals surface area contributed by atoms with Gasteiger partial charge in [-0.3, -0.25) is 9.78 Å². The van der Waals surface area contributed by atoms with Crippen LogP contribution in [0.2, 0.25) is 0 Å². The van der Waals surface area contributed by atoms with E-state index in [2.05, 4.69) is 70.3 Å². The number of hydrogen-bond acceptors (Lipinski definition) is 7. The molecule has 0 aliphatic heterocycles. The van der Waals surface area contributed by atoms with Crippen molar-refractivity contribution in [3.63, 3.8) is 0 Å². The van der Waals surface area contributed by atoms with Crippen LogP contribution in [0.5, 0.6) is 0 Å². The molecule has 1 radical (unpaired) electrons. The molecule has 4 heterocycles. The second-order valence-electron chi connectivity index (χ2n) is 14.6. The summed E-state index contributed by atoms with van der Waals surface area (Å²) in [6.45, 7) is 23.3. The molecule has 0 unspecified atom stereocenters. The maximum atomic E-state index is 12.2. The van der Waals surface area contributed by atoms with Gasteiger partial charge < -0.3 is 5.11 Å². The Hall–Kier alpha value is -2.48. The number of thiophene rings is 3. The Balaban J connectivity index is 0.000000260.